The molecule has 0 spiro atoms. The number of halogens is 1. The maximum Gasteiger partial charge on any atom is 0.227 e. The lowest BCUT2D eigenvalue weighted by atomic mass is 10.0. The van der Waals surface area contributed by atoms with E-state index in [2.05, 4.69) is 17.1 Å². The summed E-state index contributed by atoms with van der Waals surface area (Å²) in [5.41, 5.74) is 2.57. The molecule has 120 valence electrons. The number of hydrogen-bond donors (Lipinski definition) is 0. The van der Waals surface area contributed by atoms with E-state index in [4.69, 9.17) is 9.15 Å². The number of benzene rings is 2. The van der Waals surface area contributed by atoms with Crippen LogP contribution in [0.1, 0.15) is 37.1 Å². The zero-order valence-electron chi connectivity index (χ0n) is 12.9. The van der Waals surface area contributed by atoms with Gasteiger partial charge in [-0.2, -0.15) is 0 Å². The highest BCUT2D eigenvalue weighted by atomic mass is 35.5. The van der Waals surface area contributed by atoms with E-state index in [1.54, 1.807) is 0 Å². The SMILES string of the molecule is Cl.c1ccc(COC2(c3nc4ccccc4o3)CCCC2)cc1. The molecule has 0 atom stereocenters. The fourth-order valence-corrected chi connectivity index (χ4v) is 3.23. The van der Waals surface area contributed by atoms with Crippen LogP contribution in [0.15, 0.2) is 59.0 Å². The monoisotopic (exact) mass is 329 g/mol. The van der Waals surface area contributed by atoms with Crippen LogP contribution in [0.25, 0.3) is 11.1 Å². The average Bonchev–Trinajstić information content (AvgIpc) is 3.21. The molecule has 0 saturated heterocycles. The molecule has 1 aliphatic carbocycles. The summed E-state index contributed by atoms with van der Waals surface area (Å²) in [4.78, 5) is 4.69. The molecular weight excluding hydrogens is 310 g/mol. The molecule has 0 radical (unpaired) electrons. The van der Waals surface area contributed by atoms with E-state index in [0.717, 1.165) is 42.7 Å². The number of fused-ring (bicyclic) bond motifs is 1. The summed E-state index contributed by atoms with van der Waals surface area (Å²) in [6.07, 6.45) is 4.28. The zero-order chi connectivity index (χ0) is 14.8. The Labute approximate surface area is 142 Å². The van der Waals surface area contributed by atoms with Gasteiger partial charge in [-0.25, -0.2) is 4.98 Å². The van der Waals surface area contributed by atoms with Crippen LogP contribution in [0.4, 0.5) is 0 Å². The maximum atomic E-state index is 6.34. The second kappa shape index (κ2) is 6.73. The minimum Gasteiger partial charge on any atom is -0.438 e. The lowest BCUT2D eigenvalue weighted by Crippen LogP contribution is -2.26. The first-order valence-electron chi connectivity index (χ1n) is 7.90. The zero-order valence-corrected chi connectivity index (χ0v) is 13.7. The van der Waals surface area contributed by atoms with Gasteiger partial charge in [0.1, 0.15) is 11.1 Å². The van der Waals surface area contributed by atoms with Gasteiger partial charge in [0.2, 0.25) is 5.89 Å². The third-order valence-electron chi connectivity index (χ3n) is 4.45. The summed E-state index contributed by atoms with van der Waals surface area (Å²) in [7, 11) is 0. The first-order chi connectivity index (χ1) is 10.9. The van der Waals surface area contributed by atoms with Crippen molar-refractivity contribution in [3.8, 4) is 0 Å². The molecule has 0 aliphatic heterocycles. The van der Waals surface area contributed by atoms with Crippen molar-refractivity contribution in [3.05, 3.63) is 66.1 Å². The highest BCUT2D eigenvalue weighted by molar-refractivity contribution is 5.85. The predicted molar refractivity (Wildman–Crippen MR) is 92.6 cm³/mol. The van der Waals surface area contributed by atoms with E-state index in [-0.39, 0.29) is 18.0 Å². The van der Waals surface area contributed by atoms with Crippen LogP contribution in [-0.2, 0) is 16.9 Å². The first kappa shape index (κ1) is 16.0. The van der Waals surface area contributed by atoms with Crippen molar-refractivity contribution in [2.75, 3.05) is 0 Å². The van der Waals surface area contributed by atoms with Crippen molar-refractivity contribution in [1.82, 2.24) is 4.98 Å². The van der Waals surface area contributed by atoms with Crippen LogP contribution >= 0.6 is 12.4 Å². The molecule has 4 rings (SSSR count). The molecule has 3 aromatic rings. The maximum absolute atomic E-state index is 6.34. The van der Waals surface area contributed by atoms with Crippen molar-refractivity contribution in [3.63, 3.8) is 0 Å². The van der Waals surface area contributed by atoms with Crippen LogP contribution in [0, 0.1) is 0 Å². The van der Waals surface area contributed by atoms with Crippen LogP contribution in [0.5, 0.6) is 0 Å². The smallest absolute Gasteiger partial charge is 0.227 e. The number of aromatic nitrogens is 1. The minimum absolute atomic E-state index is 0. The normalized spacial score (nSPS) is 16.3. The second-order valence-electron chi connectivity index (χ2n) is 5.96. The van der Waals surface area contributed by atoms with Gasteiger partial charge in [-0.05, 0) is 43.4 Å². The predicted octanol–water partition coefficient (Wildman–Crippen LogP) is 5.24. The third-order valence-corrected chi connectivity index (χ3v) is 4.45. The van der Waals surface area contributed by atoms with Gasteiger partial charge in [0.05, 0.1) is 6.61 Å². The van der Waals surface area contributed by atoms with Crippen LogP contribution in [0.3, 0.4) is 0 Å². The Morgan fingerprint density at radius 2 is 1.65 bits per heavy atom. The minimum atomic E-state index is -0.366. The number of hydrogen-bond acceptors (Lipinski definition) is 3. The third kappa shape index (κ3) is 3.12. The van der Waals surface area contributed by atoms with E-state index >= 15 is 0 Å². The fraction of sp³-hybridized carbons (Fsp3) is 0.316. The molecular formula is C19H20ClNO2. The number of oxazole rings is 1. The molecule has 0 bridgehead atoms. The summed E-state index contributed by atoms with van der Waals surface area (Å²) in [6, 6.07) is 18.2. The Morgan fingerprint density at radius 3 is 2.39 bits per heavy atom. The van der Waals surface area contributed by atoms with Gasteiger partial charge in [0, 0.05) is 0 Å². The highest BCUT2D eigenvalue weighted by Crippen LogP contribution is 2.43. The quantitative estimate of drug-likeness (QED) is 0.657. The standard InChI is InChI=1S/C19H19NO2.ClH/c1-2-8-15(9-3-1)14-21-19(12-6-7-13-19)18-20-16-10-4-5-11-17(16)22-18;/h1-5,8-11H,6-7,12-14H2;1H. The van der Waals surface area contributed by atoms with Gasteiger partial charge in [0.15, 0.2) is 5.58 Å². The van der Waals surface area contributed by atoms with Crippen molar-refractivity contribution < 1.29 is 9.15 Å². The van der Waals surface area contributed by atoms with Crippen LogP contribution in [-0.4, -0.2) is 4.98 Å². The van der Waals surface area contributed by atoms with Gasteiger partial charge in [0.25, 0.3) is 0 Å². The average molecular weight is 330 g/mol. The van der Waals surface area contributed by atoms with Crippen molar-refractivity contribution in [1.29, 1.82) is 0 Å². The summed E-state index contributed by atoms with van der Waals surface area (Å²) < 4.78 is 12.3. The fourth-order valence-electron chi connectivity index (χ4n) is 3.23. The second-order valence-corrected chi connectivity index (χ2v) is 5.96. The van der Waals surface area contributed by atoms with E-state index < -0.39 is 0 Å². The Hall–Kier alpha value is -1.84. The molecule has 2 aromatic carbocycles. The molecule has 0 amide bonds. The van der Waals surface area contributed by atoms with Crippen LogP contribution < -0.4 is 0 Å². The largest absolute Gasteiger partial charge is 0.438 e. The van der Waals surface area contributed by atoms with Gasteiger partial charge < -0.3 is 9.15 Å². The summed E-state index contributed by atoms with van der Waals surface area (Å²) >= 11 is 0. The van der Waals surface area contributed by atoms with E-state index in [0.29, 0.717) is 6.61 Å². The van der Waals surface area contributed by atoms with E-state index in [1.807, 2.05) is 42.5 Å². The van der Waals surface area contributed by atoms with Gasteiger partial charge in [-0.3, -0.25) is 0 Å². The number of para-hydroxylation sites is 2. The highest BCUT2D eigenvalue weighted by Gasteiger charge is 2.41. The molecule has 0 unspecified atom stereocenters. The molecule has 0 N–H and O–H groups in total. The molecule has 1 aromatic heterocycles. The molecule has 1 saturated carbocycles. The summed E-state index contributed by atoms with van der Waals surface area (Å²) in [6.45, 7) is 0.597. The Kier molecular flexibility index (Phi) is 4.69. The number of ether oxygens (including phenoxy) is 1. The number of nitrogens with zero attached hydrogens (tertiary/aromatic N) is 1. The Balaban J connectivity index is 0.00000156. The molecule has 4 heteroatoms. The van der Waals surface area contributed by atoms with Crippen molar-refractivity contribution in [2.24, 2.45) is 0 Å². The Morgan fingerprint density at radius 1 is 0.957 bits per heavy atom. The van der Waals surface area contributed by atoms with Crippen LogP contribution in [0.2, 0.25) is 0 Å². The molecule has 3 nitrogen and oxygen atoms in total. The molecule has 1 fully saturated rings. The lowest BCUT2D eigenvalue weighted by Gasteiger charge is -2.25. The molecule has 1 aliphatic rings. The number of rotatable bonds is 4. The summed E-state index contributed by atoms with van der Waals surface area (Å²) in [5, 5.41) is 0. The van der Waals surface area contributed by atoms with Crippen molar-refractivity contribution >= 4 is 23.5 Å². The lowest BCUT2D eigenvalue weighted by molar-refractivity contribution is -0.0740. The van der Waals surface area contributed by atoms with E-state index in [9.17, 15) is 0 Å². The Bertz CT molecular complexity index is 730. The van der Waals surface area contributed by atoms with Crippen molar-refractivity contribution in [2.45, 2.75) is 37.9 Å². The van der Waals surface area contributed by atoms with Gasteiger partial charge in [-0.15, -0.1) is 12.4 Å². The van der Waals surface area contributed by atoms with E-state index in [1.165, 1.54) is 5.56 Å². The topological polar surface area (TPSA) is 35.3 Å². The molecule has 1 heterocycles. The summed E-state index contributed by atoms with van der Waals surface area (Å²) in [5.74, 6) is 0.738. The first-order valence-corrected chi connectivity index (χ1v) is 7.90. The van der Waals surface area contributed by atoms with Gasteiger partial charge in [-0.1, -0.05) is 42.5 Å². The van der Waals surface area contributed by atoms with Gasteiger partial charge >= 0.3 is 0 Å². The molecule has 23 heavy (non-hydrogen) atoms.